The standard InChI is InChI=1S/C13H19ClN2O3S/c1-8(2)10(6-12(17)18)15-13(19)16(3)7-9-4-5-11(14)20-9/h4-5,8,10H,6-7H2,1-3H3,(H,15,19)(H,17,18). The number of hydrogen-bond acceptors (Lipinski definition) is 3. The van der Waals surface area contributed by atoms with Crippen LogP contribution in [0.4, 0.5) is 4.79 Å². The van der Waals surface area contributed by atoms with Crippen LogP contribution in [0.5, 0.6) is 0 Å². The monoisotopic (exact) mass is 318 g/mol. The molecule has 1 rings (SSSR count). The largest absolute Gasteiger partial charge is 0.481 e. The Morgan fingerprint density at radius 3 is 2.55 bits per heavy atom. The number of amides is 2. The number of urea groups is 1. The van der Waals surface area contributed by atoms with Gasteiger partial charge in [0.05, 0.1) is 17.3 Å². The Morgan fingerprint density at radius 1 is 1.45 bits per heavy atom. The predicted octanol–water partition coefficient (Wildman–Crippen LogP) is 3.04. The number of thiophene rings is 1. The van der Waals surface area contributed by atoms with Crippen LogP contribution in [0, 0.1) is 5.92 Å². The van der Waals surface area contributed by atoms with E-state index in [-0.39, 0.29) is 24.4 Å². The molecule has 0 aliphatic carbocycles. The zero-order chi connectivity index (χ0) is 15.3. The lowest BCUT2D eigenvalue weighted by atomic mass is 10.0. The quantitative estimate of drug-likeness (QED) is 0.847. The van der Waals surface area contributed by atoms with Crippen molar-refractivity contribution in [3.05, 3.63) is 21.3 Å². The fourth-order valence-corrected chi connectivity index (χ4v) is 2.79. The van der Waals surface area contributed by atoms with Crippen molar-refractivity contribution in [1.82, 2.24) is 10.2 Å². The molecule has 0 bridgehead atoms. The van der Waals surface area contributed by atoms with E-state index in [1.807, 2.05) is 19.9 Å². The third-order valence-electron chi connectivity index (χ3n) is 2.88. The SMILES string of the molecule is CC(C)C(CC(=O)O)NC(=O)N(C)Cc1ccc(Cl)s1. The van der Waals surface area contributed by atoms with E-state index in [0.29, 0.717) is 10.9 Å². The van der Waals surface area contributed by atoms with Crippen molar-refractivity contribution < 1.29 is 14.7 Å². The number of nitrogens with one attached hydrogen (secondary N) is 1. The number of halogens is 1. The molecule has 5 nitrogen and oxygen atoms in total. The lowest BCUT2D eigenvalue weighted by Crippen LogP contribution is -2.45. The minimum atomic E-state index is -0.920. The van der Waals surface area contributed by atoms with Gasteiger partial charge in [0.1, 0.15) is 0 Å². The molecule has 1 aromatic heterocycles. The van der Waals surface area contributed by atoms with Crippen LogP contribution >= 0.6 is 22.9 Å². The molecule has 7 heteroatoms. The highest BCUT2D eigenvalue weighted by Crippen LogP contribution is 2.22. The summed E-state index contributed by atoms with van der Waals surface area (Å²) in [6, 6.07) is 2.99. The molecule has 1 atom stereocenters. The van der Waals surface area contributed by atoms with Gasteiger partial charge in [0.2, 0.25) is 0 Å². The van der Waals surface area contributed by atoms with E-state index in [0.717, 1.165) is 4.88 Å². The zero-order valence-corrected chi connectivity index (χ0v) is 13.3. The summed E-state index contributed by atoms with van der Waals surface area (Å²) in [5, 5.41) is 11.6. The summed E-state index contributed by atoms with van der Waals surface area (Å²) in [5.41, 5.74) is 0. The average Bonchev–Trinajstić information content (AvgIpc) is 2.72. The average molecular weight is 319 g/mol. The molecular formula is C13H19ClN2O3S. The highest BCUT2D eigenvalue weighted by Gasteiger charge is 2.21. The molecule has 0 saturated heterocycles. The van der Waals surface area contributed by atoms with Crippen molar-refractivity contribution in [2.75, 3.05) is 7.05 Å². The maximum atomic E-state index is 12.0. The number of hydrogen-bond donors (Lipinski definition) is 2. The first-order valence-electron chi connectivity index (χ1n) is 6.27. The smallest absolute Gasteiger partial charge is 0.317 e. The second kappa shape index (κ2) is 7.50. The van der Waals surface area contributed by atoms with E-state index in [2.05, 4.69) is 5.32 Å². The van der Waals surface area contributed by atoms with Gasteiger partial charge in [-0.25, -0.2) is 4.79 Å². The highest BCUT2D eigenvalue weighted by molar-refractivity contribution is 7.16. The topological polar surface area (TPSA) is 69.6 Å². The third kappa shape index (κ3) is 5.38. The Kier molecular flexibility index (Phi) is 6.29. The maximum absolute atomic E-state index is 12.0. The molecule has 2 N–H and O–H groups in total. The summed E-state index contributed by atoms with van der Waals surface area (Å²) in [6.07, 6.45) is -0.0813. The first-order valence-corrected chi connectivity index (χ1v) is 7.46. The van der Waals surface area contributed by atoms with Crippen LogP contribution in [0.25, 0.3) is 0 Å². The van der Waals surface area contributed by atoms with Gasteiger partial charge in [0.25, 0.3) is 0 Å². The van der Waals surface area contributed by atoms with Gasteiger partial charge >= 0.3 is 12.0 Å². The molecule has 0 aliphatic rings. The lowest BCUT2D eigenvalue weighted by molar-refractivity contribution is -0.137. The molecule has 1 unspecified atom stereocenters. The van der Waals surface area contributed by atoms with Gasteiger partial charge in [-0.15, -0.1) is 11.3 Å². The Hall–Kier alpha value is -1.27. The number of rotatable bonds is 6. The fourth-order valence-electron chi connectivity index (χ4n) is 1.65. The van der Waals surface area contributed by atoms with E-state index in [1.165, 1.54) is 16.2 Å². The van der Waals surface area contributed by atoms with Gasteiger partial charge in [-0.1, -0.05) is 25.4 Å². The highest BCUT2D eigenvalue weighted by atomic mass is 35.5. The molecule has 0 radical (unpaired) electrons. The maximum Gasteiger partial charge on any atom is 0.317 e. The van der Waals surface area contributed by atoms with Crippen molar-refractivity contribution in [2.45, 2.75) is 32.9 Å². The molecule has 0 aromatic carbocycles. The number of carbonyl (C=O) groups excluding carboxylic acids is 1. The van der Waals surface area contributed by atoms with Crippen LogP contribution in [-0.4, -0.2) is 35.1 Å². The first-order chi connectivity index (χ1) is 9.29. The van der Waals surface area contributed by atoms with E-state index in [4.69, 9.17) is 16.7 Å². The molecule has 1 aromatic rings. The summed E-state index contributed by atoms with van der Waals surface area (Å²) in [4.78, 5) is 25.3. The van der Waals surface area contributed by atoms with Crippen LogP contribution in [0.15, 0.2) is 12.1 Å². The summed E-state index contributed by atoms with van der Waals surface area (Å²) in [7, 11) is 1.67. The van der Waals surface area contributed by atoms with Crippen LogP contribution in [0.1, 0.15) is 25.1 Å². The summed E-state index contributed by atoms with van der Waals surface area (Å²) >= 11 is 7.26. The lowest BCUT2D eigenvalue weighted by Gasteiger charge is -2.24. The van der Waals surface area contributed by atoms with E-state index in [9.17, 15) is 9.59 Å². The molecule has 20 heavy (non-hydrogen) atoms. The fraction of sp³-hybridized carbons (Fsp3) is 0.538. The zero-order valence-electron chi connectivity index (χ0n) is 11.7. The van der Waals surface area contributed by atoms with Crippen molar-refractivity contribution >= 4 is 34.9 Å². The summed E-state index contributed by atoms with van der Waals surface area (Å²) < 4.78 is 0.680. The number of carboxylic acids is 1. The predicted molar refractivity (Wildman–Crippen MR) is 80.2 cm³/mol. The third-order valence-corrected chi connectivity index (χ3v) is 4.09. The van der Waals surface area contributed by atoms with Crippen LogP contribution in [0.3, 0.4) is 0 Å². The molecule has 0 saturated carbocycles. The van der Waals surface area contributed by atoms with Crippen molar-refractivity contribution in [3.63, 3.8) is 0 Å². The van der Waals surface area contributed by atoms with Crippen LogP contribution < -0.4 is 5.32 Å². The number of carboxylic acid groups (broad SMARTS) is 1. The number of carbonyl (C=O) groups is 2. The number of nitrogens with zero attached hydrogens (tertiary/aromatic N) is 1. The molecule has 0 aliphatic heterocycles. The molecule has 2 amide bonds. The second-order valence-corrected chi connectivity index (χ2v) is 6.76. The van der Waals surface area contributed by atoms with Crippen molar-refractivity contribution in [2.24, 2.45) is 5.92 Å². The Labute approximate surface area is 127 Å². The van der Waals surface area contributed by atoms with Gasteiger partial charge in [-0.3, -0.25) is 4.79 Å². The van der Waals surface area contributed by atoms with Gasteiger partial charge in [0, 0.05) is 18.0 Å². The summed E-state index contributed by atoms with van der Waals surface area (Å²) in [5.74, 6) is -0.865. The molecule has 0 spiro atoms. The van der Waals surface area contributed by atoms with E-state index in [1.54, 1.807) is 13.1 Å². The molecule has 1 heterocycles. The summed E-state index contributed by atoms with van der Waals surface area (Å²) in [6.45, 7) is 4.21. The van der Waals surface area contributed by atoms with Crippen molar-refractivity contribution in [1.29, 1.82) is 0 Å². The van der Waals surface area contributed by atoms with Gasteiger partial charge in [-0.05, 0) is 18.1 Å². The first kappa shape index (κ1) is 16.8. The Morgan fingerprint density at radius 2 is 2.10 bits per heavy atom. The van der Waals surface area contributed by atoms with Gasteiger partial charge in [-0.2, -0.15) is 0 Å². The van der Waals surface area contributed by atoms with E-state index < -0.39 is 5.97 Å². The normalized spacial score (nSPS) is 12.2. The number of aliphatic carboxylic acids is 1. The van der Waals surface area contributed by atoms with Crippen molar-refractivity contribution in [3.8, 4) is 0 Å². The van der Waals surface area contributed by atoms with Crippen LogP contribution in [0.2, 0.25) is 4.34 Å². The second-order valence-electron chi connectivity index (χ2n) is 4.96. The molecule has 112 valence electrons. The Balaban J connectivity index is 2.57. The van der Waals surface area contributed by atoms with Gasteiger partial charge < -0.3 is 15.3 Å². The van der Waals surface area contributed by atoms with Crippen LogP contribution in [-0.2, 0) is 11.3 Å². The van der Waals surface area contributed by atoms with E-state index >= 15 is 0 Å². The Bertz CT molecular complexity index is 476. The molecule has 0 fully saturated rings. The minimum absolute atomic E-state index is 0.0552. The van der Waals surface area contributed by atoms with Gasteiger partial charge in [0.15, 0.2) is 0 Å². The minimum Gasteiger partial charge on any atom is -0.481 e. The molecular weight excluding hydrogens is 300 g/mol.